The lowest BCUT2D eigenvalue weighted by Crippen LogP contribution is -2.16. The third-order valence-electron chi connectivity index (χ3n) is 2.38. The van der Waals surface area contributed by atoms with Crippen LogP contribution in [0.2, 0.25) is 0 Å². The van der Waals surface area contributed by atoms with Gasteiger partial charge in [-0.3, -0.25) is 0 Å². The van der Waals surface area contributed by atoms with Crippen molar-refractivity contribution in [2.45, 2.75) is 13.3 Å². The summed E-state index contributed by atoms with van der Waals surface area (Å²) in [6, 6.07) is 6.06. The number of anilines is 2. The lowest BCUT2D eigenvalue weighted by atomic mass is 10.2. The molecule has 0 fully saturated rings. The Morgan fingerprint density at radius 3 is 2.67 bits per heavy atom. The van der Waals surface area contributed by atoms with Crippen LogP contribution in [0.5, 0.6) is 0 Å². The van der Waals surface area contributed by atoms with E-state index in [1.54, 1.807) is 0 Å². The molecule has 0 bridgehead atoms. The summed E-state index contributed by atoms with van der Waals surface area (Å²) in [6.45, 7) is 4.14. The van der Waals surface area contributed by atoms with E-state index in [0.717, 1.165) is 36.4 Å². The number of nitrogens with two attached hydrogens (primary N) is 1. The predicted octanol–water partition coefficient (Wildman–Crippen LogP) is 1.94. The van der Waals surface area contributed by atoms with Gasteiger partial charge in [0.1, 0.15) is 0 Å². The molecule has 1 aromatic carbocycles. The lowest BCUT2D eigenvalue weighted by Gasteiger charge is -2.11. The van der Waals surface area contributed by atoms with Gasteiger partial charge in [-0.15, -0.1) is 0 Å². The molecule has 0 amide bonds. The average Bonchev–Trinajstić information content (AvgIpc) is 2.18. The summed E-state index contributed by atoms with van der Waals surface area (Å²) in [5.41, 5.74) is 8.89. The minimum absolute atomic E-state index is 0.855. The van der Waals surface area contributed by atoms with Crippen molar-refractivity contribution in [2.24, 2.45) is 0 Å². The maximum Gasteiger partial charge on any atom is 0.0345 e. The third-order valence-corrected chi connectivity index (χ3v) is 2.38. The molecule has 0 saturated heterocycles. The number of nitrogens with one attached hydrogen (secondary N) is 1. The van der Waals surface area contributed by atoms with E-state index in [1.165, 1.54) is 0 Å². The molecule has 0 aliphatic carbocycles. The molecule has 0 heterocycles. The Hall–Kier alpha value is -1.22. The number of nitrogens with zero attached hydrogens (tertiary/aromatic N) is 1. The molecule has 0 unspecified atom stereocenters. The van der Waals surface area contributed by atoms with Gasteiger partial charge < -0.3 is 16.0 Å². The van der Waals surface area contributed by atoms with Crippen molar-refractivity contribution in [1.29, 1.82) is 0 Å². The van der Waals surface area contributed by atoms with Gasteiger partial charge in [-0.25, -0.2) is 0 Å². The number of nitrogen functional groups attached to an aromatic ring is 1. The maximum absolute atomic E-state index is 5.75. The van der Waals surface area contributed by atoms with Crippen LogP contribution in [0, 0.1) is 6.92 Å². The molecule has 1 aromatic rings. The number of hydrogen-bond acceptors (Lipinski definition) is 3. The van der Waals surface area contributed by atoms with Crippen LogP contribution in [0.4, 0.5) is 11.4 Å². The Morgan fingerprint density at radius 1 is 1.33 bits per heavy atom. The van der Waals surface area contributed by atoms with Gasteiger partial charge in [0.05, 0.1) is 0 Å². The standard InChI is InChI=1S/C12H21N3/c1-10-9-11(5-6-12(10)13)14-7-4-8-15(2)3/h5-6,9,14H,4,7-8,13H2,1-3H3. The van der Waals surface area contributed by atoms with E-state index in [-0.39, 0.29) is 0 Å². The summed E-state index contributed by atoms with van der Waals surface area (Å²) in [4.78, 5) is 2.19. The Kier molecular flexibility index (Phi) is 4.43. The normalized spacial score (nSPS) is 10.7. The van der Waals surface area contributed by atoms with E-state index in [9.17, 15) is 0 Å². The average molecular weight is 207 g/mol. The van der Waals surface area contributed by atoms with Crippen molar-refractivity contribution < 1.29 is 0 Å². The highest BCUT2D eigenvalue weighted by Gasteiger charge is 1.96. The predicted molar refractivity (Wildman–Crippen MR) is 67.3 cm³/mol. The van der Waals surface area contributed by atoms with Gasteiger partial charge in [0.15, 0.2) is 0 Å². The minimum atomic E-state index is 0.855. The molecular weight excluding hydrogens is 186 g/mol. The molecule has 0 radical (unpaired) electrons. The summed E-state index contributed by atoms with van der Waals surface area (Å²) >= 11 is 0. The molecule has 15 heavy (non-hydrogen) atoms. The third kappa shape index (κ3) is 4.21. The van der Waals surface area contributed by atoms with Crippen molar-refractivity contribution in [3.63, 3.8) is 0 Å². The molecule has 0 spiro atoms. The summed E-state index contributed by atoms with van der Waals surface area (Å²) in [5, 5.41) is 3.39. The fourth-order valence-corrected chi connectivity index (χ4v) is 1.41. The fraction of sp³-hybridized carbons (Fsp3) is 0.500. The van der Waals surface area contributed by atoms with E-state index in [4.69, 9.17) is 5.73 Å². The van der Waals surface area contributed by atoms with Crippen molar-refractivity contribution in [3.8, 4) is 0 Å². The summed E-state index contributed by atoms with van der Waals surface area (Å²) in [7, 11) is 4.18. The highest BCUT2D eigenvalue weighted by molar-refractivity contribution is 5.56. The van der Waals surface area contributed by atoms with Crippen molar-refractivity contribution >= 4 is 11.4 Å². The first-order chi connectivity index (χ1) is 7.09. The first-order valence-electron chi connectivity index (χ1n) is 5.34. The Labute approximate surface area is 92.3 Å². The smallest absolute Gasteiger partial charge is 0.0345 e. The number of rotatable bonds is 5. The monoisotopic (exact) mass is 207 g/mol. The van der Waals surface area contributed by atoms with E-state index >= 15 is 0 Å². The number of hydrogen-bond donors (Lipinski definition) is 2. The van der Waals surface area contributed by atoms with Gasteiger partial charge in [-0.1, -0.05) is 0 Å². The van der Waals surface area contributed by atoms with Gasteiger partial charge in [0.2, 0.25) is 0 Å². The summed E-state index contributed by atoms with van der Waals surface area (Å²) in [6.07, 6.45) is 1.15. The largest absolute Gasteiger partial charge is 0.399 e. The Morgan fingerprint density at radius 2 is 2.07 bits per heavy atom. The zero-order chi connectivity index (χ0) is 11.3. The van der Waals surface area contributed by atoms with Gasteiger partial charge in [-0.2, -0.15) is 0 Å². The molecular formula is C12H21N3. The Bertz CT molecular complexity index is 308. The molecule has 0 aromatic heterocycles. The van der Waals surface area contributed by atoms with Gasteiger partial charge in [0.25, 0.3) is 0 Å². The highest BCUT2D eigenvalue weighted by Crippen LogP contribution is 2.16. The first-order valence-corrected chi connectivity index (χ1v) is 5.34. The zero-order valence-electron chi connectivity index (χ0n) is 9.88. The van der Waals surface area contributed by atoms with Crippen LogP contribution >= 0.6 is 0 Å². The molecule has 0 saturated carbocycles. The van der Waals surface area contributed by atoms with E-state index in [1.807, 2.05) is 19.1 Å². The Balaban J connectivity index is 2.35. The SMILES string of the molecule is Cc1cc(NCCCN(C)C)ccc1N. The van der Waals surface area contributed by atoms with Crippen LogP contribution in [0.3, 0.4) is 0 Å². The zero-order valence-corrected chi connectivity index (χ0v) is 9.88. The minimum Gasteiger partial charge on any atom is -0.399 e. The van der Waals surface area contributed by atoms with Crippen LogP contribution in [-0.2, 0) is 0 Å². The van der Waals surface area contributed by atoms with Crippen molar-refractivity contribution in [3.05, 3.63) is 23.8 Å². The van der Waals surface area contributed by atoms with E-state index in [2.05, 4.69) is 30.4 Å². The first kappa shape index (κ1) is 11.9. The second-order valence-corrected chi connectivity index (χ2v) is 4.15. The molecule has 3 heteroatoms. The van der Waals surface area contributed by atoms with Crippen molar-refractivity contribution in [2.75, 3.05) is 38.2 Å². The lowest BCUT2D eigenvalue weighted by molar-refractivity contribution is 0.405. The van der Waals surface area contributed by atoms with Gasteiger partial charge in [0, 0.05) is 17.9 Å². The quantitative estimate of drug-likeness (QED) is 0.572. The molecule has 1 rings (SSSR count). The maximum atomic E-state index is 5.75. The van der Waals surface area contributed by atoms with Gasteiger partial charge >= 0.3 is 0 Å². The second-order valence-electron chi connectivity index (χ2n) is 4.15. The van der Waals surface area contributed by atoms with Crippen molar-refractivity contribution in [1.82, 2.24) is 4.90 Å². The van der Waals surface area contributed by atoms with Gasteiger partial charge in [-0.05, 0) is 57.7 Å². The number of aryl methyl sites for hydroxylation is 1. The van der Waals surface area contributed by atoms with E-state index in [0.29, 0.717) is 0 Å². The molecule has 3 nitrogen and oxygen atoms in total. The molecule has 0 atom stereocenters. The second kappa shape index (κ2) is 5.61. The summed E-state index contributed by atoms with van der Waals surface area (Å²) < 4.78 is 0. The molecule has 0 aliphatic rings. The highest BCUT2D eigenvalue weighted by atomic mass is 15.1. The van der Waals surface area contributed by atoms with Crippen LogP contribution < -0.4 is 11.1 Å². The van der Waals surface area contributed by atoms with Crippen LogP contribution in [0.15, 0.2) is 18.2 Å². The topological polar surface area (TPSA) is 41.3 Å². The van der Waals surface area contributed by atoms with Crippen LogP contribution in [0.1, 0.15) is 12.0 Å². The summed E-state index contributed by atoms with van der Waals surface area (Å²) in [5.74, 6) is 0. The fourth-order valence-electron chi connectivity index (χ4n) is 1.41. The van der Waals surface area contributed by atoms with Crippen LogP contribution in [0.25, 0.3) is 0 Å². The molecule has 84 valence electrons. The van der Waals surface area contributed by atoms with Crippen LogP contribution in [-0.4, -0.2) is 32.1 Å². The molecule has 3 N–H and O–H groups in total. The van der Waals surface area contributed by atoms with E-state index < -0.39 is 0 Å². The molecule has 0 aliphatic heterocycles. The number of benzene rings is 1.